The molecule has 1 N–H and O–H groups in total. The van der Waals surface area contributed by atoms with Crippen LogP contribution in [0.15, 0.2) is 46.1 Å². The summed E-state index contributed by atoms with van der Waals surface area (Å²) in [6, 6.07) is 9.47. The van der Waals surface area contributed by atoms with Crippen LogP contribution in [0.2, 0.25) is 0 Å². The van der Waals surface area contributed by atoms with E-state index in [1.165, 1.54) is 13.2 Å². The first-order chi connectivity index (χ1) is 14.9. The number of aromatic nitrogens is 2. The summed E-state index contributed by atoms with van der Waals surface area (Å²) in [6.07, 6.45) is 3.82. The van der Waals surface area contributed by atoms with Gasteiger partial charge in [-0.05, 0) is 38.2 Å². The lowest BCUT2D eigenvalue weighted by atomic mass is 9.70. The Balaban J connectivity index is 1.64. The fraction of sp³-hybridized carbons (Fsp3) is 0.478. The summed E-state index contributed by atoms with van der Waals surface area (Å²) >= 11 is 0. The van der Waals surface area contributed by atoms with Gasteiger partial charge in [-0.15, -0.1) is 0 Å². The fourth-order valence-electron chi connectivity index (χ4n) is 5.27. The molecule has 4 rings (SSSR count). The number of aromatic amines is 1. The minimum absolute atomic E-state index is 0.0581. The first-order valence-corrected chi connectivity index (χ1v) is 10.7. The summed E-state index contributed by atoms with van der Waals surface area (Å²) < 4.78 is 6.44. The molecular weight excluding hydrogens is 398 g/mol. The van der Waals surface area contributed by atoms with Crippen molar-refractivity contribution in [1.82, 2.24) is 14.5 Å². The third kappa shape index (κ3) is 3.60. The Bertz CT molecular complexity index is 1110. The van der Waals surface area contributed by atoms with E-state index in [2.05, 4.69) is 4.98 Å². The van der Waals surface area contributed by atoms with Crippen LogP contribution in [0, 0.1) is 5.41 Å². The van der Waals surface area contributed by atoms with Gasteiger partial charge in [0.15, 0.2) is 0 Å². The Labute approximate surface area is 179 Å². The Kier molecular flexibility index (Phi) is 5.56. The van der Waals surface area contributed by atoms with Gasteiger partial charge in [0.1, 0.15) is 0 Å². The molecule has 0 aliphatic carbocycles. The normalized spacial score (nSPS) is 24.4. The van der Waals surface area contributed by atoms with E-state index in [1.54, 1.807) is 11.8 Å². The number of hydrogen-bond donors (Lipinski definition) is 1. The van der Waals surface area contributed by atoms with Crippen LogP contribution in [-0.4, -0.2) is 45.0 Å². The van der Waals surface area contributed by atoms with E-state index in [-0.39, 0.29) is 42.6 Å². The molecule has 2 aliphatic heterocycles. The van der Waals surface area contributed by atoms with Crippen LogP contribution in [0.3, 0.4) is 0 Å². The molecule has 2 bridgehead atoms. The lowest BCUT2D eigenvalue weighted by molar-refractivity contribution is -0.158. The molecule has 31 heavy (non-hydrogen) atoms. The highest BCUT2D eigenvalue weighted by Gasteiger charge is 2.61. The first-order valence-electron chi connectivity index (χ1n) is 10.7. The maximum Gasteiger partial charge on any atom is 0.328 e. The van der Waals surface area contributed by atoms with Gasteiger partial charge in [-0.3, -0.25) is 19.0 Å². The van der Waals surface area contributed by atoms with Crippen molar-refractivity contribution in [3.05, 3.63) is 68.5 Å². The number of nitrogens with one attached hydrogen (secondary N) is 1. The summed E-state index contributed by atoms with van der Waals surface area (Å²) in [5.41, 5.74) is -0.518. The van der Waals surface area contributed by atoms with E-state index in [0.717, 1.165) is 23.0 Å². The summed E-state index contributed by atoms with van der Waals surface area (Å²) in [5, 5.41) is 0. The largest absolute Gasteiger partial charge is 0.465 e. The molecule has 0 radical (unpaired) electrons. The molecule has 8 heteroatoms. The second kappa shape index (κ2) is 8.17. The molecule has 2 fully saturated rings. The minimum atomic E-state index is -0.786. The molecule has 3 heterocycles. The smallest absolute Gasteiger partial charge is 0.328 e. The number of hydrogen-bond acceptors (Lipinski definition) is 5. The molecule has 0 saturated carbocycles. The van der Waals surface area contributed by atoms with E-state index in [4.69, 9.17) is 4.74 Å². The molecule has 0 spiro atoms. The number of carbonyl (C=O) groups excluding carboxylic acids is 2. The van der Waals surface area contributed by atoms with Gasteiger partial charge in [0.25, 0.3) is 5.56 Å². The van der Waals surface area contributed by atoms with E-state index in [1.807, 2.05) is 30.3 Å². The zero-order chi connectivity index (χ0) is 22.2. The third-order valence-corrected chi connectivity index (χ3v) is 6.67. The number of H-pyrrole nitrogens is 1. The SMILES string of the molecule is CCOC(=O)[C@@]1(Cc2ccccc2)C[C@H]2CC[C@@H]1N2C(=O)Cc1c[nH]c(=O)n(C)c1=O. The first kappa shape index (κ1) is 21.1. The Morgan fingerprint density at radius 3 is 2.65 bits per heavy atom. The second-order valence-corrected chi connectivity index (χ2v) is 8.45. The maximum atomic E-state index is 13.3. The number of benzene rings is 1. The van der Waals surface area contributed by atoms with Crippen molar-refractivity contribution < 1.29 is 14.3 Å². The van der Waals surface area contributed by atoms with Gasteiger partial charge < -0.3 is 14.6 Å². The number of esters is 1. The lowest BCUT2D eigenvalue weighted by Crippen LogP contribution is -2.48. The van der Waals surface area contributed by atoms with Crippen molar-refractivity contribution in [2.75, 3.05) is 6.61 Å². The molecule has 1 amide bonds. The number of carbonyl (C=O) groups is 2. The van der Waals surface area contributed by atoms with Gasteiger partial charge in [-0.1, -0.05) is 30.3 Å². The Hall–Kier alpha value is -3.16. The van der Waals surface area contributed by atoms with Crippen molar-refractivity contribution in [1.29, 1.82) is 0 Å². The topological polar surface area (TPSA) is 101 Å². The van der Waals surface area contributed by atoms with E-state index < -0.39 is 16.7 Å². The van der Waals surface area contributed by atoms with Crippen LogP contribution < -0.4 is 11.2 Å². The van der Waals surface area contributed by atoms with Crippen molar-refractivity contribution in [3.8, 4) is 0 Å². The number of nitrogens with zero attached hydrogens (tertiary/aromatic N) is 2. The monoisotopic (exact) mass is 425 g/mol. The Morgan fingerprint density at radius 1 is 1.19 bits per heavy atom. The van der Waals surface area contributed by atoms with Gasteiger partial charge in [0.2, 0.25) is 5.91 Å². The molecule has 2 saturated heterocycles. The number of fused-ring (bicyclic) bond motifs is 2. The van der Waals surface area contributed by atoms with Crippen LogP contribution in [0.4, 0.5) is 0 Å². The number of ether oxygens (including phenoxy) is 1. The van der Waals surface area contributed by atoms with Crippen LogP contribution in [0.1, 0.15) is 37.3 Å². The minimum Gasteiger partial charge on any atom is -0.465 e. The zero-order valence-electron chi connectivity index (χ0n) is 17.8. The Morgan fingerprint density at radius 2 is 1.94 bits per heavy atom. The van der Waals surface area contributed by atoms with E-state index >= 15 is 0 Å². The van der Waals surface area contributed by atoms with Crippen LogP contribution in [-0.2, 0) is 34.2 Å². The van der Waals surface area contributed by atoms with Crippen molar-refractivity contribution in [3.63, 3.8) is 0 Å². The predicted octanol–water partition coefficient (Wildman–Crippen LogP) is 1.17. The highest BCUT2D eigenvalue weighted by molar-refractivity contribution is 5.85. The summed E-state index contributed by atoms with van der Waals surface area (Å²) in [6.45, 7) is 2.07. The zero-order valence-corrected chi connectivity index (χ0v) is 17.8. The van der Waals surface area contributed by atoms with Crippen molar-refractivity contribution in [2.45, 2.75) is 51.1 Å². The van der Waals surface area contributed by atoms with Gasteiger partial charge in [-0.2, -0.15) is 0 Å². The van der Waals surface area contributed by atoms with Gasteiger partial charge >= 0.3 is 11.7 Å². The summed E-state index contributed by atoms with van der Waals surface area (Å²) in [5.74, 6) is -0.459. The molecular formula is C23H27N3O5. The standard InChI is InChI=1S/C23H27N3O5/c1-3-31-21(29)23(12-15-7-5-4-6-8-15)13-17-9-10-18(23)26(17)19(27)11-16-14-24-22(30)25(2)20(16)28/h4-8,14,17-18H,3,9-13H2,1-2H3,(H,24,30)/t17-,18+,23+/m1/s1. The average Bonchev–Trinajstić information content (AvgIpc) is 3.31. The molecule has 2 aliphatic rings. The van der Waals surface area contributed by atoms with Crippen LogP contribution in [0.25, 0.3) is 0 Å². The number of amides is 1. The van der Waals surface area contributed by atoms with Crippen molar-refractivity contribution in [2.24, 2.45) is 12.5 Å². The van der Waals surface area contributed by atoms with E-state index in [0.29, 0.717) is 12.8 Å². The molecule has 8 nitrogen and oxygen atoms in total. The molecule has 164 valence electrons. The fourth-order valence-corrected chi connectivity index (χ4v) is 5.27. The summed E-state index contributed by atoms with van der Waals surface area (Å²) in [7, 11) is 1.38. The van der Waals surface area contributed by atoms with Gasteiger partial charge in [-0.25, -0.2) is 4.79 Å². The molecule has 1 aromatic carbocycles. The summed E-state index contributed by atoms with van der Waals surface area (Å²) in [4.78, 5) is 54.7. The quantitative estimate of drug-likeness (QED) is 0.700. The van der Waals surface area contributed by atoms with Gasteiger partial charge in [0.05, 0.1) is 18.4 Å². The molecule has 1 aromatic heterocycles. The second-order valence-electron chi connectivity index (χ2n) is 8.45. The molecule has 0 unspecified atom stereocenters. The average molecular weight is 425 g/mol. The predicted molar refractivity (Wildman–Crippen MR) is 113 cm³/mol. The highest BCUT2D eigenvalue weighted by Crippen LogP contribution is 2.52. The van der Waals surface area contributed by atoms with E-state index in [9.17, 15) is 19.2 Å². The maximum absolute atomic E-state index is 13.3. The van der Waals surface area contributed by atoms with Gasteiger partial charge in [0, 0.05) is 30.9 Å². The molecule has 3 atom stereocenters. The third-order valence-electron chi connectivity index (χ3n) is 6.67. The molecule has 2 aromatic rings. The lowest BCUT2D eigenvalue weighted by Gasteiger charge is -2.35. The van der Waals surface area contributed by atoms with Crippen molar-refractivity contribution >= 4 is 11.9 Å². The highest BCUT2D eigenvalue weighted by atomic mass is 16.5. The number of rotatable bonds is 6. The van der Waals surface area contributed by atoms with Crippen LogP contribution >= 0.6 is 0 Å². The van der Waals surface area contributed by atoms with Crippen LogP contribution in [0.5, 0.6) is 0 Å².